The Hall–Kier alpha value is -1.15. The van der Waals surface area contributed by atoms with E-state index in [-0.39, 0.29) is 0 Å². The van der Waals surface area contributed by atoms with E-state index >= 15 is 0 Å². The van der Waals surface area contributed by atoms with Crippen LogP contribution in [-0.4, -0.2) is 4.98 Å². The predicted molar refractivity (Wildman–Crippen MR) is 80.2 cm³/mol. The zero-order valence-electron chi connectivity index (χ0n) is 11.0. The first-order chi connectivity index (χ1) is 8.59. The summed E-state index contributed by atoms with van der Waals surface area (Å²) < 4.78 is 0. The van der Waals surface area contributed by atoms with Crippen molar-refractivity contribution in [3.8, 4) is 0 Å². The summed E-state index contributed by atoms with van der Waals surface area (Å²) in [5, 5.41) is 0. The summed E-state index contributed by atoms with van der Waals surface area (Å²) in [5.74, 6) is 0.355. The molecule has 0 fully saturated rings. The molecule has 0 aliphatic heterocycles. The Balaban J connectivity index is 2.25. The van der Waals surface area contributed by atoms with Crippen molar-refractivity contribution < 1.29 is 0 Å². The molecule has 0 amide bonds. The molecule has 2 heteroatoms. The second-order valence-corrected chi connectivity index (χ2v) is 5.78. The standard InChI is InChI=1S/C16H18BrN/c1-11-7-8-14(10-12(11)2)16(17)13(3)15-6-4-5-9-18-15/h4-10,13,16H,1-3H3. The van der Waals surface area contributed by atoms with Crippen LogP contribution in [0.1, 0.15) is 40.1 Å². The Morgan fingerprint density at radius 2 is 1.83 bits per heavy atom. The van der Waals surface area contributed by atoms with E-state index in [1.165, 1.54) is 16.7 Å². The third-order valence-electron chi connectivity index (χ3n) is 3.44. The minimum Gasteiger partial charge on any atom is -0.261 e. The van der Waals surface area contributed by atoms with Crippen molar-refractivity contribution in [2.45, 2.75) is 31.5 Å². The van der Waals surface area contributed by atoms with E-state index in [0.29, 0.717) is 10.7 Å². The van der Waals surface area contributed by atoms with Gasteiger partial charge in [0, 0.05) is 22.6 Å². The topological polar surface area (TPSA) is 12.9 Å². The molecule has 2 aromatic rings. The van der Waals surface area contributed by atoms with Gasteiger partial charge in [0.2, 0.25) is 0 Å². The highest BCUT2D eigenvalue weighted by Gasteiger charge is 2.19. The van der Waals surface area contributed by atoms with E-state index in [4.69, 9.17) is 0 Å². The Labute approximate surface area is 117 Å². The Bertz CT molecular complexity index is 522. The SMILES string of the molecule is Cc1ccc(C(Br)C(C)c2ccccn2)cc1C. The highest BCUT2D eigenvalue weighted by Crippen LogP contribution is 2.37. The van der Waals surface area contributed by atoms with E-state index in [0.717, 1.165) is 5.69 Å². The number of hydrogen-bond acceptors (Lipinski definition) is 1. The van der Waals surface area contributed by atoms with Crippen molar-refractivity contribution in [2.24, 2.45) is 0 Å². The molecule has 18 heavy (non-hydrogen) atoms. The van der Waals surface area contributed by atoms with Crippen LogP contribution in [0, 0.1) is 13.8 Å². The van der Waals surface area contributed by atoms with Gasteiger partial charge in [0.15, 0.2) is 0 Å². The van der Waals surface area contributed by atoms with Crippen molar-refractivity contribution >= 4 is 15.9 Å². The highest BCUT2D eigenvalue weighted by molar-refractivity contribution is 9.09. The minimum atomic E-state index is 0.298. The summed E-state index contributed by atoms with van der Waals surface area (Å²) in [6, 6.07) is 12.7. The number of aryl methyl sites for hydroxylation is 2. The predicted octanol–water partition coefficient (Wildman–Crippen LogP) is 4.94. The molecule has 1 heterocycles. The lowest BCUT2D eigenvalue weighted by Crippen LogP contribution is -2.04. The molecule has 0 bridgehead atoms. The molecule has 2 rings (SSSR count). The van der Waals surface area contributed by atoms with Gasteiger partial charge < -0.3 is 0 Å². The molecule has 1 aromatic carbocycles. The summed E-state index contributed by atoms with van der Waals surface area (Å²) >= 11 is 3.81. The van der Waals surface area contributed by atoms with Crippen LogP contribution in [0.25, 0.3) is 0 Å². The Morgan fingerprint density at radius 1 is 1.06 bits per heavy atom. The molecule has 0 aliphatic carbocycles. The van der Waals surface area contributed by atoms with E-state index in [1.807, 2.05) is 18.3 Å². The quantitative estimate of drug-likeness (QED) is 0.732. The van der Waals surface area contributed by atoms with Crippen LogP contribution >= 0.6 is 15.9 Å². The summed E-state index contributed by atoms with van der Waals surface area (Å²) in [6.45, 7) is 6.51. The van der Waals surface area contributed by atoms with E-state index in [9.17, 15) is 0 Å². The number of alkyl halides is 1. The molecule has 0 saturated heterocycles. The van der Waals surface area contributed by atoms with Gasteiger partial charge in [0.05, 0.1) is 0 Å². The van der Waals surface area contributed by atoms with E-state index in [1.54, 1.807) is 0 Å². The number of hydrogen-bond donors (Lipinski definition) is 0. The maximum absolute atomic E-state index is 4.44. The molecular formula is C16H18BrN. The zero-order chi connectivity index (χ0) is 13.1. The molecule has 0 N–H and O–H groups in total. The van der Waals surface area contributed by atoms with Gasteiger partial charge in [-0.25, -0.2) is 0 Å². The van der Waals surface area contributed by atoms with Gasteiger partial charge in [0.1, 0.15) is 0 Å². The molecule has 2 atom stereocenters. The molecule has 0 spiro atoms. The van der Waals surface area contributed by atoms with Crippen LogP contribution in [0.4, 0.5) is 0 Å². The van der Waals surface area contributed by atoms with Crippen molar-refractivity contribution in [3.63, 3.8) is 0 Å². The molecule has 2 unspecified atom stereocenters. The lowest BCUT2D eigenvalue weighted by atomic mass is 9.95. The molecule has 0 aliphatic rings. The summed E-state index contributed by atoms with van der Waals surface area (Å²) in [5.41, 5.74) is 5.11. The maximum Gasteiger partial charge on any atom is 0.0476 e. The number of nitrogens with zero attached hydrogens (tertiary/aromatic N) is 1. The second kappa shape index (κ2) is 5.66. The van der Waals surface area contributed by atoms with Crippen LogP contribution in [0.5, 0.6) is 0 Å². The molecular weight excluding hydrogens is 286 g/mol. The largest absolute Gasteiger partial charge is 0.261 e. The van der Waals surface area contributed by atoms with Gasteiger partial charge >= 0.3 is 0 Å². The lowest BCUT2D eigenvalue weighted by Gasteiger charge is -2.19. The van der Waals surface area contributed by atoms with Gasteiger partial charge in [-0.1, -0.05) is 47.1 Å². The first-order valence-electron chi connectivity index (χ1n) is 6.21. The van der Waals surface area contributed by atoms with E-state index in [2.05, 4.69) is 66.0 Å². The second-order valence-electron chi connectivity index (χ2n) is 4.79. The average molecular weight is 304 g/mol. The summed E-state index contributed by atoms with van der Waals surface area (Å²) in [4.78, 5) is 4.73. The van der Waals surface area contributed by atoms with Crippen LogP contribution < -0.4 is 0 Å². The maximum atomic E-state index is 4.44. The van der Waals surface area contributed by atoms with Gasteiger partial charge in [-0.2, -0.15) is 0 Å². The van der Waals surface area contributed by atoms with Crippen molar-refractivity contribution in [1.82, 2.24) is 4.98 Å². The van der Waals surface area contributed by atoms with Gasteiger partial charge in [0.25, 0.3) is 0 Å². The number of rotatable bonds is 3. The summed E-state index contributed by atoms with van der Waals surface area (Å²) in [7, 11) is 0. The molecule has 0 radical (unpaired) electrons. The van der Waals surface area contributed by atoms with E-state index < -0.39 is 0 Å². The van der Waals surface area contributed by atoms with Gasteiger partial charge in [-0.15, -0.1) is 0 Å². The smallest absolute Gasteiger partial charge is 0.0476 e. The number of pyridine rings is 1. The number of halogens is 1. The first kappa shape index (κ1) is 13.3. The zero-order valence-corrected chi connectivity index (χ0v) is 12.6. The fourth-order valence-corrected chi connectivity index (χ4v) is 2.58. The fraction of sp³-hybridized carbons (Fsp3) is 0.312. The van der Waals surface area contributed by atoms with Crippen LogP contribution in [0.2, 0.25) is 0 Å². The minimum absolute atomic E-state index is 0.298. The van der Waals surface area contributed by atoms with Gasteiger partial charge in [-0.3, -0.25) is 4.98 Å². The van der Waals surface area contributed by atoms with Crippen molar-refractivity contribution in [2.75, 3.05) is 0 Å². The van der Waals surface area contributed by atoms with Crippen LogP contribution in [-0.2, 0) is 0 Å². The van der Waals surface area contributed by atoms with Crippen LogP contribution in [0.3, 0.4) is 0 Å². The Morgan fingerprint density at radius 3 is 2.44 bits per heavy atom. The fourth-order valence-electron chi connectivity index (χ4n) is 2.02. The molecule has 1 aromatic heterocycles. The number of benzene rings is 1. The third kappa shape index (κ3) is 2.81. The normalized spacial score (nSPS) is 14.2. The van der Waals surface area contributed by atoms with Crippen LogP contribution in [0.15, 0.2) is 42.6 Å². The monoisotopic (exact) mass is 303 g/mol. The van der Waals surface area contributed by atoms with Crippen molar-refractivity contribution in [3.05, 3.63) is 65.0 Å². The summed E-state index contributed by atoms with van der Waals surface area (Å²) in [6.07, 6.45) is 1.85. The molecule has 1 nitrogen and oxygen atoms in total. The lowest BCUT2D eigenvalue weighted by molar-refractivity contribution is 0.723. The molecule has 0 saturated carbocycles. The highest BCUT2D eigenvalue weighted by atomic mass is 79.9. The third-order valence-corrected chi connectivity index (χ3v) is 4.76. The Kier molecular flexibility index (Phi) is 4.18. The van der Waals surface area contributed by atoms with Crippen molar-refractivity contribution in [1.29, 1.82) is 0 Å². The number of aromatic nitrogens is 1. The average Bonchev–Trinajstić information content (AvgIpc) is 2.41. The molecule has 94 valence electrons. The van der Waals surface area contributed by atoms with Gasteiger partial charge in [-0.05, 0) is 42.7 Å². The first-order valence-corrected chi connectivity index (χ1v) is 7.13.